The van der Waals surface area contributed by atoms with Crippen LogP contribution in [0.25, 0.3) is 0 Å². The molecule has 2 aliphatic rings. The van der Waals surface area contributed by atoms with Gasteiger partial charge in [0.15, 0.2) is 5.82 Å². The minimum absolute atomic E-state index is 0.113. The van der Waals surface area contributed by atoms with E-state index >= 15 is 0 Å². The molecule has 110 valence electrons. The average molecular weight is 277 g/mol. The summed E-state index contributed by atoms with van der Waals surface area (Å²) in [5.74, 6) is 2.13. The second kappa shape index (κ2) is 5.19. The highest BCUT2D eigenvalue weighted by Crippen LogP contribution is 2.42. The van der Waals surface area contributed by atoms with Gasteiger partial charge in [0, 0.05) is 13.0 Å². The molecule has 0 bridgehead atoms. The van der Waals surface area contributed by atoms with E-state index in [0.717, 1.165) is 37.3 Å². The topological polar surface area (TPSA) is 57.0 Å². The Bertz CT molecular complexity index is 499. The van der Waals surface area contributed by atoms with Crippen molar-refractivity contribution < 1.29 is 9.53 Å². The molecule has 0 amide bonds. The monoisotopic (exact) mass is 277 g/mol. The Morgan fingerprint density at radius 2 is 2.05 bits per heavy atom. The molecule has 2 saturated carbocycles. The first-order valence-corrected chi connectivity index (χ1v) is 7.76. The zero-order valence-corrected chi connectivity index (χ0v) is 12.4. The van der Waals surface area contributed by atoms with Gasteiger partial charge >= 0.3 is 5.97 Å². The predicted molar refractivity (Wildman–Crippen MR) is 74.4 cm³/mol. The van der Waals surface area contributed by atoms with E-state index in [1.165, 1.54) is 19.3 Å². The zero-order valence-electron chi connectivity index (χ0n) is 12.4. The second-order valence-corrected chi connectivity index (χ2v) is 6.05. The van der Waals surface area contributed by atoms with Gasteiger partial charge in [-0.1, -0.05) is 19.3 Å². The van der Waals surface area contributed by atoms with Gasteiger partial charge in [0.05, 0.1) is 6.61 Å². The Morgan fingerprint density at radius 3 is 2.65 bits per heavy atom. The van der Waals surface area contributed by atoms with Crippen LogP contribution in [-0.2, 0) is 22.0 Å². The molecule has 0 atom stereocenters. The Morgan fingerprint density at radius 1 is 1.35 bits per heavy atom. The predicted octanol–water partition coefficient (Wildman–Crippen LogP) is 2.46. The number of carbonyl (C=O) groups is 1. The van der Waals surface area contributed by atoms with Crippen LogP contribution in [0.3, 0.4) is 0 Å². The molecule has 0 aliphatic heterocycles. The SMILES string of the molecule is CCOC(=O)C1(c2nc(C3CC3)nn2C)CCCCC1. The molecule has 2 aliphatic carbocycles. The molecule has 2 fully saturated rings. The minimum Gasteiger partial charge on any atom is -0.465 e. The Kier molecular flexibility index (Phi) is 3.52. The number of ether oxygens (including phenoxy) is 1. The molecule has 0 radical (unpaired) electrons. The van der Waals surface area contributed by atoms with Gasteiger partial charge in [0.25, 0.3) is 0 Å². The number of carbonyl (C=O) groups excluding carboxylic acids is 1. The van der Waals surface area contributed by atoms with Crippen molar-refractivity contribution in [1.29, 1.82) is 0 Å². The molecule has 1 aromatic heterocycles. The van der Waals surface area contributed by atoms with Crippen molar-refractivity contribution in [3.05, 3.63) is 11.6 Å². The molecule has 5 nitrogen and oxygen atoms in total. The smallest absolute Gasteiger partial charge is 0.319 e. The number of nitrogens with zero attached hydrogens (tertiary/aromatic N) is 3. The molecule has 0 aromatic carbocycles. The normalized spacial score (nSPS) is 21.7. The first-order chi connectivity index (χ1) is 9.67. The third kappa shape index (κ3) is 2.23. The number of hydrogen-bond acceptors (Lipinski definition) is 4. The summed E-state index contributed by atoms with van der Waals surface area (Å²) < 4.78 is 7.17. The Labute approximate surface area is 119 Å². The molecule has 20 heavy (non-hydrogen) atoms. The molecule has 1 aromatic rings. The third-order valence-electron chi connectivity index (χ3n) is 4.52. The summed E-state index contributed by atoms with van der Waals surface area (Å²) in [4.78, 5) is 17.3. The van der Waals surface area contributed by atoms with E-state index in [9.17, 15) is 4.79 Å². The number of rotatable bonds is 4. The van der Waals surface area contributed by atoms with E-state index in [-0.39, 0.29) is 5.97 Å². The van der Waals surface area contributed by atoms with E-state index in [2.05, 4.69) is 5.10 Å². The first-order valence-electron chi connectivity index (χ1n) is 7.76. The van der Waals surface area contributed by atoms with Crippen LogP contribution in [0.2, 0.25) is 0 Å². The lowest BCUT2D eigenvalue weighted by atomic mass is 9.73. The van der Waals surface area contributed by atoms with E-state index in [1.54, 1.807) is 0 Å². The van der Waals surface area contributed by atoms with Crippen molar-refractivity contribution in [2.75, 3.05) is 6.61 Å². The largest absolute Gasteiger partial charge is 0.465 e. The Balaban J connectivity index is 1.97. The molecule has 0 N–H and O–H groups in total. The number of aryl methyl sites for hydroxylation is 1. The van der Waals surface area contributed by atoms with E-state index in [4.69, 9.17) is 9.72 Å². The maximum atomic E-state index is 12.6. The number of hydrogen-bond donors (Lipinski definition) is 0. The molecule has 0 unspecified atom stereocenters. The van der Waals surface area contributed by atoms with Crippen molar-refractivity contribution in [1.82, 2.24) is 14.8 Å². The van der Waals surface area contributed by atoms with Gasteiger partial charge in [-0.3, -0.25) is 9.48 Å². The number of esters is 1. The fraction of sp³-hybridized carbons (Fsp3) is 0.800. The maximum Gasteiger partial charge on any atom is 0.319 e. The number of aromatic nitrogens is 3. The van der Waals surface area contributed by atoms with Crippen molar-refractivity contribution in [2.45, 2.75) is 63.2 Å². The van der Waals surface area contributed by atoms with Crippen LogP contribution in [0, 0.1) is 0 Å². The Hall–Kier alpha value is -1.39. The lowest BCUT2D eigenvalue weighted by Gasteiger charge is -2.33. The van der Waals surface area contributed by atoms with Crippen LogP contribution in [-0.4, -0.2) is 27.3 Å². The average Bonchev–Trinajstić information content (AvgIpc) is 3.23. The van der Waals surface area contributed by atoms with Gasteiger partial charge < -0.3 is 4.74 Å². The van der Waals surface area contributed by atoms with Crippen molar-refractivity contribution in [3.63, 3.8) is 0 Å². The summed E-state index contributed by atoms with van der Waals surface area (Å²) in [6.45, 7) is 2.29. The van der Waals surface area contributed by atoms with Crippen LogP contribution in [0.5, 0.6) is 0 Å². The molecule has 3 rings (SSSR count). The van der Waals surface area contributed by atoms with Gasteiger partial charge in [-0.05, 0) is 32.6 Å². The highest BCUT2D eigenvalue weighted by atomic mass is 16.5. The van der Waals surface area contributed by atoms with E-state index in [1.807, 2.05) is 18.7 Å². The van der Waals surface area contributed by atoms with Gasteiger partial charge in [-0.25, -0.2) is 4.98 Å². The zero-order chi connectivity index (χ0) is 14.2. The van der Waals surface area contributed by atoms with Crippen molar-refractivity contribution in [3.8, 4) is 0 Å². The van der Waals surface area contributed by atoms with Crippen LogP contribution >= 0.6 is 0 Å². The lowest BCUT2D eigenvalue weighted by molar-refractivity contribution is -0.152. The fourth-order valence-electron chi connectivity index (χ4n) is 3.28. The van der Waals surface area contributed by atoms with Crippen molar-refractivity contribution >= 4 is 5.97 Å². The van der Waals surface area contributed by atoms with E-state index < -0.39 is 5.41 Å². The molecule has 0 spiro atoms. The quantitative estimate of drug-likeness (QED) is 0.793. The molecule has 1 heterocycles. The molecule has 5 heteroatoms. The summed E-state index contributed by atoms with van der Waals surface area (Å²) >= 11 is 0. The highest BCUT2D eigenvalue weighted by molar-refractivity contribution is 5.82. The summed E-state index contributed by atoms with van der Waals surface area (Å²) in [6.07, 6.45) is 7.33. The van der Waals surface area contributed by atoms with Crippen LogP contribution in [0.15, 0.2) is 0 Å². The summed E-state index contributed by atoms with van der Waals surface area (Å²) in [6, 6.07) is 0. The van der Waals surface area contributed by atoms with Gasteiger partial charge in [-0.2, -0.15) is 5.10 Å². The molecular weight excluding hydrogens is 254 g/mol. The van der Waals surface area contributed by atoms with Crippen molar-refractivity contribution in [2.24, 2.45) is 7.05 Å². The molecule has 0 saturated heterocycles. The van der Waals surface area contributed by atoms with Gasteiger partial charge in [0.1, 0.15) is 11.2 Å². The highest BCUT2D eigenvalue weighted by Gasteiger charge is 2.47. The summed E-state index contributed by atoms with van der Waals surface area (Å²) in [7, 11) is 1.91. The van der Waals surface area contributed by atoms with E-state index in [0.29, 0.717) is 12.5 Å². The second-order valence-electron chi connectivity index (χ2n) is 6.05. The summed E-state index contributed by atoms with van der Waals surface area (Å²) in [5, 5.41) is 4.53. The van der Waals surface area contributed by atoms with Crippen LogP contribution in [0.1, 0.15) is 69.4 Å². The van der Waals surface area contributed by atoms with Gasteiger partial charge in [-0.15, -0.1) is 0 Å². The minimum atomic E-state index is -0.566. The lowest BCUT2D eigenvalue weighted by Crippen LogP contribution is -2.41. The van der Waals surface area contributed by atoms with Gasteiger partial charge in [0.2, 0.25) is 0 Å². The standard InChI is InChI=1S/C15H23N3O2/c1-3-20-14(19)15(9-5-4-6-10-15)13-16-12(11-7-8-11)17-18(13)2/h11H,3-10H2,1-2H3. The summed E-state index contributed by atoms with van der Waals surface area (Å²) in [5.41, 5.74) is -0.566. The first kappa shape index (κ1) is 13.6. The third-order valence-corrected chi connectivity index (χ3v) is 4.52. The maximum absolute atomic E-state index is 12.6. The molecular formula is C15H23N3O2. The van der Waals surface area contributed by atoms with Crippen LogP contribution in [0.4, 0.5) is 0 Å². The fourth-order valence-corrected chi connectivity index (χ4v) is 3.28. The van der Waals surface area contributed by atoms with Crippen LogP contribution < -0.4 is 0 Å².